The van der Waals surface area contributed by atoms with Gasteiger partial charge in [0.1, 0.15) is 12.8 Å². The first kappa shape index (κ1) is 14.0. The molecule has 3 heterocycles. The number of imidazole rings is 1. The van der Waals surface area contributed by atoms with E-state index in [-0.39, 0.29) is 11.9 Å². The first-order valence-corrected chi connectivity index (χ1v) is 7.09. The zero-order valence-electron chi connectivity index (χ0n) is 10.9. The molecule has 21 heavy (non-hydrogen) atoms. The normalized spacial score (nSPS) is 17.1. The summed E-state index contributed by atoms with van der Waals surface area (Å²) in [6.45, 7) is 1.60. The van der Waals surface area contributed by atoms with Gasteiger partial charge in [-0.3, -0.25) is 9.55 Å². The minimum atomic E-state index is -0.525. The van der Waals surface area contributed by atoms with Crippen molar-refractivity contribution in [2.24, 2.45) is 0 Å². The average molecular weight is 354 g/mol. The summed E-state index contributed by atoms with van der Waals surface area (Å²) in [5, 5.41) is 14.0. The Morgan fingerprint density at radius 1 is 1.57 bits per heavy atom. The van der Waals surface area contributed by atoms with E-state index in [1.807, 2.05) is 12.1 Å². The number of rotatable bonds is 4. The van der Waals surface area contributed by atoms with Gasteiger partial charge >= 0.3 is 11.8 Å². The van der Waals surface area contributed by atoms with E-state index >= 15 is 0 Å². The Hall–Kier alpha value is -2.00. The van der Waals surface area contributed by atoms with Crippen molar-refractivity contribution in [3.05, 3.63) is 44.8 Å². The van der Waals surface area contributed by atoms with Crippen LogP contribution in [0.25, 0.3) is 0 Å². The van der Waals surface area contributed by atoms with Crippen LogP contribution in [0.1, 0.15) is 5.69 Å². The van der Waals surface area contributed by atoms with Crippen LogP contribution in [0.5, 0.6) is 6.01 Å². The van der Waals surface area contributed by atoms with Crippen molar-refractivity contribution in [3.63, 3.8) is 0 Å². The van der Waals surface area contributed by atoms with Crippen molar-refractivity contribution in [2.45, 2.75) is 19.1 Å². The molecular formula is C12H12BrN5O3. The predicted molar refractivity (Wildman–Crippen MR) is 76.9 cm³/mol. The number of fused-ring (bicyclic) bond motifs is 1. The summed E-state index contributed by atoms with van der Waals surface area (Å²) in [4.78, 5) is 18.2. The molecule has 0 aromatic carbocycles. The SMILES string of the molecule is O=[N+]([O-])c1cn2c(n1)OCC(NCc1ccc(Br)cn1)C2. The van der Waals surface area contributed by atoms with E-state index in [4.69, 9.17) is 4.74 Å². The molecule has 8 nitrogen and oxygen atoms in total. The van der Waals surface area contributed by atoms with Crippen molar-refractivity contribution < 1.29 is 9.66 Å². The molecule has 110 valence electrons. The summed E-state index contributed by atoms with van der Waals surface area (Å²) < 4.78 is 8.01. The maximum Gasteiger partial charge on any atom is 0.414 e. The van der Waals surface area contributed by atoms with Gasteiger partial charge in [0.15, 0.2) is 0 Å². The fourth-order valence-electron chi connectivity index (χ4n) is 2.07. The van der Waals surface area contributed by atoms with Crippen molar-refractivity contribution in [1.82, 2.24) is 19.9 Å². The fraction of sp³-hybridized carbons (Fsp3) is 0.333. The molecule has 0 radical (unpaired) electrons. The highest BCUT2D eigenvalue weighted by molar-refractivity contribution is 9.10. The minimum Gasteiger partial charge on any atom is -0.444 e. The Kier molecular flexibility index (Phi) is 3.84. The molecule has 1 aliphatic rings. The molecule has 0 aliphatic carbocycles. The van der Waals surface area contributed by atoms with Crippen LogP contribution in [-0.2, 0) is 13.1 Å². The molecule has 1 atom stereocenters. The lowest BCUT2D eigenvalue weighted by atomic mass is 10.2. The Morgan fingerprint density at radius 2 is 2.43 bits per heavy atom. The molecule has 9 heteroatoms. The van der Waals surface area contributed by atoms with Crippen molar-refractivity contribution >= 4 is 21.7 Å². The molecule has 3 rings (SSSR count). The molecule has 0 bridgehead atoms. The van der Waals surface area contributed by atoms with E-state index in [2.05, 4.69) is 31.2 Å². The number of nitrogens with one attached hydrogen (secondary N) is 1. The molecule has 0 amide bonds. The highest BCUT2D eigenvalue weighted by atomic mass is 79.9. The van der Waals surface area contributed by atoms with E-state index in [0.717, 1.165) is 10.2 Å². The topological polar surface area (TPSA) is 95.1 Å². The van der Waals surface area contributed by atoms with Gasteiger partial charge in [-0.2, -0.15) is 0 Å². The first-order chi connectivity index (χ1) is 10.1. The molecule has 2 aromatic rings. The average Bonchev–Trinajstić information content (AvgIpc) is 2.90. The second-order valence-electron chi connectivity index (χ2n) is 4.65. The molecule has 0 fully saturated rings. The van der Waals surface area contributed by atoms with Crippen LogP contribution in [0.4, 0.5) is 5.82 Å². The lowest BCUT2D eigenvalue weighted by Crippen LogP contribution is -2.41. The molecule has 1 N–H and O–H groups in total. The molecule has 1 unspecified atom stereocenters. The van der Waals surface area contributed by atoms with Gasteiger partial charge in [-0.1, -0.05) is 0 Å². The second kappa shape index (κ2) is 5.78. The maximum atomic E-state index is 10.7. The Bertz CT molecular complexity index is 657. The fourth-order valence-corrected chi connectivity index (χ4v) is 2.30. The summed E-state index contributed by atoms with van der Waals surface area (Å²) >= 11 is 3.34. The monoisotopic (exact) mass is 353 g/mol. The zero-order valence-corrected chi connectivity index (χ0v) is 12.5. The third-order valence-corrected chi connectivity index (χ3v) is 3.57. The number of hydrogen-bond donors (Lipinski definition) is 1. The maximum absolute atomic E-state index is 10.7. The molecule has 2 aromatic heterocycles. The highest BCUT2D eigenvalue weighted by Gasteiger charge is 2.27. The van der Waals surface area contributed by atoms with E-state index in [0.29, 0.717) is 25.7 Å². The summed E-state index contributed by atoms with van der Waals surface area (Å²) in [5.74, 6) is -0.194. The van der Waals surface area contributed by atoms with E-state index in [9.17, 15) is 10.1 Å². The van der Waals surface area contributed by atoms with Crippen LogP contribution in [0.3, 0.4) is 0 Å². The highest BCUT2D eigenvalue weighted by Crippen LogP contribution is 2.21. The van der Waals surface area contributed by atoms with Gasteiger partial charge in [-0.05, 0) is 33.0 Å². The molecule has 1 aliphatic heterocycles. The standard InChI is InChI=1S/C12H12BrN5O3/c13-8-1-2-9(14-3-8)4-15-10-5-17-6-11(18(19)20)16-12(17)21-7-10/h1-3,6,10,15H,4-5,7H2. The number of hydrogen-bond acceptors (Lipinski definition) is 6. The van der Waals surface area contributed by atoms with E-state index < -0.39 is 4.92 Å². The first-order valence-electron chi connectivity index (χ1n) is 6.30. The zero-order chi connectivity index (χ0) is 14.8. The van der Waals surface area contributed by atoms with Gasteiger partial charge in [0, 0.05) is 28.7 Å². The third-order valence-electron chi connectivity index (χ3n) is 3.11. The third kappa shape index (κ3) is 3.19. The molecular weight excluding hydrogens is 342 g/mol. The smallest absolute Gasteiger partial charge is 0.414 e. The lowest BCUT2D eigenvalue weighted by Gasteiger charge is -2.22. The number of ether oxygens (including phenoxy) is 1. The molecule has 0 saturated carbocycles. The summed E-state index contributed by atoms with van der Waals surface area (Å²) in [6.07, 6.45) is 3.13. The van der Waals surface area contributed by atoms with E-state index in [1.165, 1.54) is 6.20 Å². The Labute approximate surface area is 128 Å². The number of nitro groups is 1. The van der Waals surface area contributed by atoms with Gasteiger partial charge < -0.3 is 20.2 Å². The largest absolute Gasteiger partial charge is 0.444 e. The predicted octanol–water partition coefficient (Wildman–Crippen LogP) is 1.50. The van der Waals surface area contributed by atoms with Crippen LogP contribution in [-0.4, -0.2) is 32.1 Å². The van der Waals surface area contributed by atoms with Crippen molar-refractivity contribution in [3.8, 4) is 6.01 Å². The number of aromatic nitrogens is 3. The summed E-state index contributed by atoms with van der Waals surface area (Å²) in [7, 11) is 0. The van der Waals surface area contributed by atoms with Gasteiger partial charge in [0.25, 0.3) is 0 Å². The quantitative estimate of drug-likeness (QED) is 0.661. The number of halogens is 1. The van der Waals surface area contributed by atoms with E-state index in [1.54, 1.807) is 10.8 Å². The lowest BCUT2D eigenvalue weighted by molar-refractivity contribution is -0.389. The van der Waals surface area contributed by atoms with Crippen LogP contribution >= 0.6 is 15.9 Å². The van der Waals surface area contributed by atoms with Gasteiger partial charge in [0.05, 0.1) is 11.7 Å². The summed E-state index contributed by atoms with van der Waals surface area (Å²) in [5.41, 5.74) is 0.917. The Balaban J connectivity index is 1.61. The van der Waals surface area contributed by atoms with Crippen LogP contribution in [0, 0.1) is 10.1 Å². The number of pyridine rings is 1. The Morgan fingerprint density at radius 3 is 3.14 bits per heavy atom. The summed E-state index contributed by atoms with van der Waals surface area (Å²) in [6, 6.07) is 4.20. The number of nitrogens with zero attached hydrogens (tertiary/aromatic N) is 4. The minimum absolute atomic E-state index is 0.0525. The van der Waals surface area contributed by atoms with Gasteiger partial charge in [-0.25, -0.2) is 0 Å². The van der Waals surface area contributed by atoms with Crippen LogP contribution in [0.2, 0.25) is 0 Å². The van der Waals surface area contributed by atoms with Crippen LogP contribution < -0.4 is 10.1 Å². The van der Waals surface area contributed by atoms with Gasteiger partial charge in [-0.15, -0.1) is 0 Å². The molecule has 0 saturated heterocycles. The van der Waals surface area contributed by atoms with Crippen molar-refractivity contribution in [2.75, 3.05) is 6.61 Å². The second-order valence-corrected chi connectivity index (χ2v) is 5.56. The van der Waals surface area contributed by atoms with Gasteiger partial charge in [0.2, 0.25) is 0 Å². The van der Waals surface area contributed by atoms with Crippen molar-refractivity contribution in [1.29, 1.82) is 0 Å². The molecule has 0 spiro atoms. The van der Waals surface area contributed by atoms with Crippen LogP contribution in [0.15, 0.2) is 29.0 Å².